The van der Waals surface area contributed by atoms with Gasteiger partial charge in [0.2, 0.25) is 0 Å². The molecule has 0 saturated carbocycles. The number of aliphatic carboxylic acids is 1. The summed E-state index contributed by atoms with van der Waals surface area (Å²) in [5, 5.41) is 11.4. The quantitative estimate of drug-likeness (QED) is 0.657. The maximum Gasteiger partial charge on any atom is 0.441 e. The van der Waals surface area contributed by atoms with Crippen molar-refractivity contribution in [2.24, 2.45) is 0 Å². The molecule has 2 N–H and O–H groups in total. The summed E-state index contributed by atoms with van der Waals surface area (Å²) in [5.41, 5.74) is -4.25. The first-order valence-corrected chi connectivity index (χ1v) is 6.02. The van der Waals surface area contributed by atoms with Crippen LogP contribution in [0.5, 0.6) is 0 Å². The fraction of sp³-hybridized carbons (Fsp3) is 0.889. The van der Waals surface area contributed by atoms with Gasteiger partial charge in [-0.05, 0) is 18.2 Å². The Balaban J connectivity index is 3.72. The molecule has 7 heteroatoms. The lowest BCUT2D eigenvalue weighted by molar-refractivity contribution is -0.139. The average molecular weight is 259 g/mol. The van der Waals surface area contributed by atoms with Crippen molar-refractivity contribution in [1.29, 1.82) is 0 Å². The van der Waals surface area contributed by atoms with Crippen molar-refractivity contribution >= 4 is 17.7 Å². The SMILES string of the molecule is CCCCC(NCCSC(F)(F)F)C(=O)O. The molecule has 16 heavy (non-hydrogen) atoms. The van der Waals surface area contributed by atoms with Crippen molar-refractivity contribution in [3.8, 4) is 0 Å². The first kappa shape index (κ1) is 15.6. The highest BCUT2D eigenvalue weighted by molar-refractivity contribution is 8.00. The standard InChI is InChI=1S/C9H16F3NO2S/c1-2-3-4-7(8(14)15)13-5-6-16-9(10,11)12/h7,13H,2-6H2,1H3,(H,14,15). The lowest BCUT2D eigenvalue weighted by atomic mass is 10.1. The Bertz CT molecular complexity index is 211. The van der Waals surface area contributed by atoms with Gasteiger partial charge in [-0.1, -0.05) is 19.8 Å². The Hall–Kier alpha value is -0.430. The van der Waals surface area contributed by atoms with E-state index in [1.807, 2.05) is 6.92 Å². The molecule has 0 saturated heterocycles. The number of unbranched alkanes of at least 4 members (excludes halogenated alkanes) is 1. The molecule has 0 radical (unpaired) electrons. The van der Waals surface area contributed by atoms with Gasteiger partial charge in [-0.25, -0.2) is 0 Å². The molecule has 96 valence electrons. The van der Waals surface area contributed by atoms with E-state index in [4.69, 9.17) is 5.11 Å². The third-order valence-corrected chi connectivity index (χ3v) is 2.64. The molecule has 0 fully saturated rings. The molecule has 0 amide bonds. The maximum atomic E-state index is 11.8. The summed E-state index contributed by atoms with van der Waals surface area (Å²) in [5.74, 6) is -1.18. The van der Waals surface area contributed by atoms with E-state index in [1.54, 1.807) is 0 Å². The number of thioether (sulfide) groups is 1. The van der Waals surface area contributed by atoms with Crippen LogP contribution in [-0.2, 0) is 4.79 Å². The minimum absolute atomic E-state index is 0.0465. The van der Waals surface area contributed by atoms with Gasteiger partial charge in [0.1, 0.15) is 6.04 Å². The highest BCUT2D eigenvalue weighted by atomic mass is 32.2. The summed E-state index contributed by atoms with van der Waals surface area (Å²) < 4.78 is 35.3. The molecule has 0 rings (SSSR count). The molecule has 0 aliphatic heterocycles. The number of rotatable bonds is 8. The highest BCUT2D eigenvalue weighted by Gasteiger charge is 2.27. The molecule has 0 aliphatic carbocycles. The largest absolute Gasteiger partial charge is 0.480 e. The van der Waals surface area contributed by atoms with Crippen molar-refractivity contribution in [1.82, 2.24) is 5.32 Å². The molecule has 0 heterocycles. The molecule has 0 aliphatic rings. The maximum absolute atomic E-state index is 11.8. The Morgan fingerprint density at radius 2 is 2.12 bits per heavy atom. The lowest BCUT2D eigenvalue weighted by Crippen LogP contribution is -2.38. The number of halogens is 3. The van der Waals surface area contributed by atoms with Gasteiger partial charge in [-0.15, -0.1) is 0 Å². The van der Waals surface area contributed by atoms with Crippen molar-refractivity contribution in [2.45, 2.75) is 37.7 Å². The summed E-state index contributed by atoms with van der Waals surface area (Å²) in [6, 6.07) is -0.742. The fourth-order valence-corrected chi connectivity index (χ4v) is 1.57. The molecule has 3 nitrogen and oxygen atoms in total. The average Bonchev–Trinajstić information content (AvgIpc) is 2.14. The Labute approximate surface area is 96.8 Å². The molecule has 1 atom stereocenters. The topological polar surface area (TPSA) is 49.3 Å². The number of nitrogens with one attached hydrogen (secondary N) is 1. The summed E-state index contributed by atoms with van der Waals surface area (Å²) in [7, 11) is 0. The van der Waals surface area contributed by atoms with Crippen LogP contribution < -0.4 is 5.32 Å². The number of alkyl halides is 3. The van der Waals surface area contributed by atoms with E-state index in [2.05, 4.69) is 5.32 Å². The molecule has 0 aromatic carbocycles. The van der Waals surface area contributed by atoms with Crippen LogP contribution in [0.4, 0.5) is 13.2 Å². The van der Waals surface area contributed by atoms with E-state index < -0.39 is 17.5 Å². The molecule has 1 unspecified atom stereocenters. The van der Waals surface area contributed by atoms with Crippen LogP contribution in [-0.4, -0.2) is 34.9 Å². The Morgan fingerprint density at radius 3 is 2.56 bits per heavy atom. The van der Waals surface area contributed by atoms with Gasteiger partial charge in [0, 0.05) is 12.3 Å². The van der Waals surface area contributed by atoms with Crippen LogP contribution in [0.1, 0.15) is 26.2 Å². The van der Waals surface area contributed by atoms with Gasteiger partial charge in [0.05, 0.1) is 0 Å². The van der Waals surface area contributed by atoms with E-state index in [1.165, 1.54) is 0 Å². The first-order valence-electron chi connectivity index (χ1n) is 5.03. The van der Waals surface area contributed by atoms with Crippen molar-refractivity contribution in [3.63, 3.8) is 0 Å². The van der Waals surface area contributed by atoms with E-state index >= 15 is 0 Å². The van der Waals surface area contributed by atoms with E-state index in [9.17, 15) is 18.0 Å². The molecule has 0 aromatic heterocycles. The van der Waals surface area contributed by atoms with Crippen LogP contribution in [0.2, 0.25) is 0 Å². The van der Waals surface area contributed by atoms with Crippen molar-refractivity contribution in [2.75, 3.05) is 12.3 Å². The van der Waals surface area contributed by atoms with Gasteiger partial charge in [-0.2, -0.15) is 13.2 Å². The molecular weight excluding hydrogens is 243 g/mol. The second kappa shape index (κ2) is 7.78. The molecular formula is C9H16F3NO2S. The molecule has 0 aromatic rings. The number of hydrogen-bond acceptors (Lipinski definition) is 3. The van der Waals surface area contributed by atoms with Crippen LogP contribution in [0, 0.1) is 0 Å². The number of carbonyl (C=O) groups is 1. The Morgan fingerprint density at radius 1 is 1.50 bits per heavy atom. The van der Waals surface area contributed by atoms with Crippen molar-refractivity contribution in [3.05, 3.63) is 0 Å². The smallest absolute Gasteiger partial charge is 0.441 e. The third-order valence-electron chi connectivity index (χ3n) is 1.90. The second-order valence-corrected chi connectivity index (χ2v) is 4.44. The molecule has 0 spiro atoms. The predicted octanol–water partition coefficient (Wildman–Crippen LogP) is 2.47. The van der Waals surface area contributed by atoms with Crippen molar-refractivity contribution < 1.29 is 23.1 Å². The number of carboxylic acids is 1. The van der Waals surface area contributed by atoms with Gasteiger partial charge in [0.25, 0.3) is 0 Å². The van der Waals surface area contributed by atoms with Crippen LogP contribution >= 0.6 is 11.8 Å². The summed E-state index contributed by atoms with van der Waals surface area (Å²) in [6.45, 7) is 1.98. The third kappa shape index (κ3) is 8.84. The Kier molecular flexibility index (Phi) is 7.57. The predicted molar refractivity (Wildman–Crippen MR) is 57.5 cm³/mol. The zero-order valence-corrected chi connectivity index (χ0v) is 9.83. The van der Waals surface area contributed by atoms with Crippen LogP contribution in [0.3, 0.4) is 0 Å². The zero-order valence-electron chi connectivity index (χ0n) is 9.01. The van der Waals surface area contributed by atoms with E-state index in [0.717, 1.165) is 12.8 Å². The van der Waals surface area contributed by atoms with Crippen LogP contribution in [0.25, 0.3) is 0 Å². The summed E-state index contributed by atoms with van der Waals surface area (Å²) in [6.07, 6.45) is 2.06. The second-order valence-electron chi connectivity index (χ2n) is 3.28. The minimum Gasteiger partial charge on any atom is -0.480 e. The first-order chi connectivity index (χ1) is 7.37. The normalized spacial score (nSPS) is 13.8. The van der Waals surface area contributed by atoms with Gasteiger partial charge in [-0.3, -0.25) is 4.79 Å². The monoisotopic (exact) mass is 259 g/mol. The van der Waals surface area contributed by atoms with Crippen LogP contribution in [0.15, 0.2) is 0 Å². The van der Waals surface area contributed by atoms with Gasteiger partial charge in [0.15, 0.2) is 0 Å². The fourth-order valence-electron chi connectivity index (χ4n) is 1.12. The minimum atomic E-state index is -4.25. The zero-order chi connectivity index (χ0) is 12.6. The highest BCUT2D eigenvalue weighted by Crippen LogP contribution is 2.29. The van der Waals surface area contributed by atoms with Gasteiger partial charge < -0.3 is 10.4 Å². The lowest BCUT2D eigenvalue weighted by Gasteiger charge is -2.14. The van der Waals surface area contributed by atoms with Gasteiger partial charge >= 0.3 is 11.5 Å². The summed E-state index contributed by atoms with van der Waals surface area (Å²) >= 11 is -0.144. The van der Waals surface area contributed by atoms with E-state index in [-0.39, 0.29) is 24.1 Å². The summed E-state index contributed by atoms with van der Waals surface area (Å²) in [4.78, 5) is 10.7. The van der Waals surface area contributed by atoms with E-state index in [0.29, 0.717) is 6.42 Å². The number of carboxylic acid groups (broad SMARTS) is 1. The molecule has 0 bridgehead atoms. The number of hydrogen-bond donors (Lipinski definition) is 2.